The van der Waals surface area contributed by atoms with Crippen LogP contribution in [0.2, 0.25) is 0 Å². The molecule has 0 aliphatic rings. The summed E-state index contributed by atoms with van der Waals surface area (Å²) in [6.45, 7) is 0. The predicted octanol–water partition coefficient (Wildman–Crippen LogP) is 11.8. The molecule has 0 saturated carbocycles. The Morgan fingerprint density at radius 1 is 0.360 bits per heavy atom. The average Bonchev–Trinajstić information content (AvgIpc) is 3.71. The van der Waals surface area contributed by atoms with Crippen LogP contribution in [0.25, 0.3) is 98.8 Å². The lowest BCUT2D eigenvalue weighted by Gasteiger charge is -2.14. The van der Waals surface area contributed by atoms with E-state index in [1.54, 1.807) is 0 Å². The molecule has 232 valence electrons. The van der Waals surface area contributed by atoms with E-state index in [1.165, 1.54) is 54.4 Å². The molecule has 50 heavy (non-hydrogen) atoms. The van der Waals surface area contributed by atoms with E-state index in [9.17, 15) is 0 Å². The molecular weight excluding hydrogens is 609 g/mol. The van der Waals surface area contributed by atoms with E-state index in [4.69, 9.17) is 9.97 Å². The third kappa shape index (κ3) is 3.76. The predicted molar refractivity (Wildman–Crippen MR) is 209 cm³/mol. The zero-order valence-electron chi connectivity index (χ0n) is 27.0. The van der Waals surface area contributed by atoms with Gasteiger partial charge in [0.15, 0.2) is 0 Å². The largest absolute Gasteiger partial charge is 0.307 e. The smallest absolute Gasteiger partial charge is 0.0979 e. The second-order valence-corrected chi connectivity index (χ2v) is 13.0. The van der Waals surface area contributed by atoms with Crippen molar-refractivity contribution in [3.05, 3.63) is 170 Å². The normalized spacial score (nSPS) is 12.0. The van der Waals surface area contributed by atoms with Crippen LogP contribution in [0.5, 0.6) is 0 Å². The quantitative estimate of drug-likeness (QED) is 0.181. The summed E-state index contributed by atoms with van der Waals surface area (Å²) in [6, 6.07) is 58.6. The second-order valence-electron chi connectivity index (χ2n) is 13.0. The second kappa shape index (κ2) is 10.4. The highest BCUT2D eigenvalue weighted by atomic mass is 15.0. The first-order valence-electron chi connectivity index (χ1n) is 17.0. The molecule has 3 heterocycles. The van der Waals surface area contributed by atoms with Crippen molar-refractivity contribution < 1.29 is 0 Å². The first kappa shape index (κ1) is 27.2. The number of para-hydroxylation sites is 3. The van der Waals surface area contributed by atoms with Gasteiger partial charge in [0.05, 0.1) is 45.0 Å². The highest BCUT2D eigenvalue weighted by Crippen LogP contribution is 2.42. The molecule has 11 rings (SSSR count). The van der Waals surface area contributed by atoms with Crippen molar-refractivity contribution in [2.45, 2.75) is 0 Å². The minimum Gasteiger partial charge on any atom is -0.307 e. The fourth-order valence-corrected chi connectivity index (χ4v) is 8.18. The molecule has 0 radical (unpaired) electrons. The number of rotatable bonds is 3. The molecule has 0 aliphatic heterocycles. The van der Waals surface area contributed by atoms with E-state index in [2.05, 4.69) is 173 Å². The third-order valence-corrected chi connectivity index (χ3v) is 10.3. The zero-order valence-corrected chi connectivity index (χ0v) is 27.0. The minimum absolute atomic E-state index is 0.851. The molecule has 0 saturated heterocycles. The molecule has 4 heteroatoms. The van der Waals surface area contributed by atoms with Gasteiger partial charge in [-0.15, -0.1) is 0 Å². The molecule has 0 amide bonds. The summed E-state index contributed by atoms with van der Waals surface area (Å²) in [5, 5.41) is 9.55. The number of hydrogen-bond donors (Lipinski definition) is 0. The van der Waals surface area contributed by atoms with E-state index >= 15 is 0 Å². The average molecular weight is 637 g/mol. The number of aromatic nitrogens is 4. The van der Waals surface area contributed by atoms with Crippen molar-refractivity contribution in [1.82, 2.24) is 19.1 Å². The van der Waals surface area contributed by atoms with Gasteiger partial charge in [0.1, 0.15) is 0 Å². The Morgan fingerprint density at radius 2 is 0.860 bits per heavy atom. The van der Waals surface area contributed by atoms with Crippen LogP contribution in [0.4, 0.5) is 0 Å². The van der Waals surface area contributed by atoms with Crippen molar-refractivity contribution in [3.8, 4) is 22.6 Å². The first-order chi connectivity index (χ1) is 24.8. The number of benzene rings is 8. The molecule has 0 atom stereocenters. The van der Waals surface area contributed by atoms with Gasteiger partial charge >= 0.3 is 0 Å². The van der Waals surface area contributed by atoms with E-state index in [-0.39, 0.29) is 0 Å². The third-order valence-electron chi connectivity index (χ3n) is 10.3. The van der Waals surface area contributed by atoms with Crippen LogP contribution in [0.1, 0.15) is 0 Å². The van der Waals surface area contributed by atoms with Gasteiger partial charge in [-0.2, -0.15) is 0 Å². The summed E-state index contributed by atoms with van der Waals surface area (Å²) >= 11 is 0. The molecular formula is C46H28N4. The highest BCUT2D eigenvalue weighted by Gasteiger charge is 2.21. The van der Waals surface area contributed by atoms with Gasteiger partial charge in [0.2, 0.25) is 0 Å². The Hall–Kier alpha value is -6.78. The SMILES string of the molecule is c1ccc(-n2c3ccccc3c3ccc4c5ccccc5n(-c5cccc(-c6cnc7c8ccccc8c8ccccc8c7n6)c5)c4c32)cc1. The Morgan fingerprint density at radius 3 is 1.50 bits per heavy atom. The van der Waals surface area contributed by atoms with Crippen LogP contribution >= 0.6 is 0 Å². The summed E-state index contributed by atoms with van der Waals surface area (Å²) in [7, 11) is 0. The van der Waals surface area contributed by atoms with Gasteiger partial charge in [-0.25, -0.2) is 4.98 Å². The van der Waals surface area contributed by atoms with Crippen LogP contribution in [0.3, 0.4) is 0 Å². The lowest BCUT2D eigenvalue weighted by Crippen LogP contribution is -1.99. The minimum atomic E-state index is 0.851. The van der Waals surface area contributed by atoms with Crippen LogP contribution in [-0.4, -0.2) is 19.1 Å². The van der Waals surface area contributed by atoms with Crippen LogP contribution in [-0.2, 0) is 0 Å². The Kier molecular flexibility index (Phi) is 5.63. The molecule has 0 spiro atoms. The van der Waals surface area contributed by atoms with Crippen molar-refractivity contribution >= 4 is 76.2 Å². The van der Waals surface area contributed by atoms with E-state index in [1.807, 2.05) is 6.20 Å². The van der Waals surface area contributed by atoms with E-state index in [0.29, 0.717) is 0 Å². The highest BCUT2D eigenvalue weighted by molar-refractivity contribution is 6.24. The van der Waals surface area contributed by atoms with Crippen molar-refractivity contribution in [1.29, 1.82) is 0 Å². The Labute approximate surface area is 287 Å². The van der Waals surface area contributed by atoms with Gasteiger partial charge < -0.3 is 9.13 Å². The van der Waals surface area contributed by atoms with Crippen LogP contribution in [0.15, 0.2) is 170 Å². The first-order valence-corrected chi connectivity index (χ1v) is 17.0. The molecule has 0 bridgehead atoms. The number of hydrogen-bond acceptors (Lipinski definition) is 2. The monoisotopic (exact) mass is 636 g/mol. The van der Waals surface area contributed by atoms with E-state index in [0.717, 1.165) is 44.4 Å². The molecule has 3 aromatic heterocycles. The maximum absolute atomic E-state index is 5.33. The lowest BCUT2D eigenvalue weighted by atomic mass is 9.99. The fourth-order valence-electron chi connectivity index (χ4n) is 8.18. The molecule has 0 fully saturated rings. The van der Waals surface area contributed by atoms with Gasteiger partial charge in [0.25, 0.3) is 0 Å². The molecule has 8 aromatic carbocycles. The molecule has 4 nitrogen and oxygen atoms in total. The Balaban J connectivity index is 1.21. The van der Waals surface area contributed by atoms with Gasteiger partial charge in [0, 0.05) is 49.3 Å². The standard InChI is InChI=1S/C46H28N4/c1-2-14-30(15-3-1)49-41-23-10-8-19-34(41)38-25-26-39-35-20-9-11-24-42(35)50(46(39)45(38)49)31-16-12-13-29(27-31)40-28-47-43-36-21-6-4-17-32(36)33-18-5-7-22-37(33)44(43)48-40/h1-28H. The molecule has 0 N–H and O–H groups in total. The molecule has 0 unspecified atom stereocenters. The van der Waals surface area contributed by atoms with Crippen LogP contribution in [0, 0.1) is 0 Å². The molecule has 11 aromatic rings. The van der Waals surface area contributed by atoms with Crippen molar-refractivity contribution in [3.63, 3.8) is 0 Å². The summed E-state index contributed by atoms with van der Waals surface area (Å²) in [5.74, 6) is 0. The summed E-state index contributed by atoms with van der Waals surface area (Å²) in [6.07, 6.45) is 1.93. The molecule has 0 aliphatic carbocycles. The maximum Gasteiger partial charge on any atom is 0.0979 e. The van der Waals surface area contributed by atoms with Crippen molar-refractivity contribution in [2.24, 2.45) is 0 Å². The van der Waals surface area contributed by atoms with Crippen LogP contribution < -0.4 is 0 Å². The number of fused-ring (bicyclic) bond motifs is 13. The summed E-state index contributed by atoms with van der Waals surface area (Å²) in [5.41, 5.74) is 10.7. The van der Waals surface area contributed by atoms with Gasteiger partial charge in [-0.3, -0.25) is 4.98 Å². The summed E-state index contributed by atoms with van der Waals surface area (Å²) < 4.78 is 4.86. The van der Waals surface area contributed by atoms with Gasteiger partial charge in [-0.05, 0) is 47.2 Å². The Bertz CT molecular complexity index is 3110. The van der Waals surface area contributed by atoms with Crippen molar-refractivity contribution in [2.75, 3.05) is 0 Å². The lowest BCUT2D eigenvalue weighted by molar-refractivity contribution is 1.15. The van der Waals surface area contributed by atoms with E-state index < -0.39 is 0 Å². The summed E-state index contributed by atoms with van der Waals surface area (Å²) in [4.78, 5) is 10.4. The zero-order chi connectivity index (χ0) is 32.8. The number of nitrogens with zero attached hydrogens (tertiary/aromatic N) is 4. The van der Waals surface area contributed by atoms with Gasteiger partial charge in [-0.1, -0.05) is 127 Å². The fraction of sp³-hybridized carbons (Fsp3) is 0. The topological polar surface area (TPSA) is 35.6 Å². The maximum atomic E-state index is 5.33.